The Morgan fingerprint density at radius 3 is 2.57 bits per heavy atom. The van der Waals surface area contributed by atoms with Gasteiger partial charge in [-0.25, -0.2) is 5.43 Å². The summed E-state index contributed by atoms with van der Waals surface area (Å²) in [6.07, 6.45) is 1.22. The Labute approximate surface area is 130 Å². The third-order valence-electron chi connectivity index (χ3n) is 2.62. The maximum Gasteiger partial charge on any atom is 0.275 e. The molecule has 0 aromatic heterocycles. The van der Waals surface area contributed by atoms with E-state index in [0.717, 1.165) is 0 Å². The first-order chi connectivity index (χ1) is 10.0. The molecule has 108 valence electrons. The summed E-state index contributed by atoms with van der Waals surface area (Å²) in [4.78, 5) is 11.8. The van der Waals surface area contributed by atoms with E-state index >= 15 is 0 Å². The Bertz CT molecular complexity index is 717. The zero-order valence-corrected chi connectivity index (χ0v) is 12.1. The van der Waals surface area contributed by atoms with E-state index in [1.165, 1.54) is 30.5 Å². The van der Waals surface area contributed by atoms with Gasteiger partial charge in [-0.2, -0.15) is 5.10 Å². The molecule has 2 rings (SSSR count). The average molecular weight is 325 g/mol. The van der Waals surface area contributed by atoms with Crippen LogP contribution >= 0.6 is 23.2 Å². The van der Waals surface area contributed by atoms with Crippen LogP contribution in [0.2, 0.25) is 10.0 Å². The van der Waals surface area contributed by atoms with Gasteiger partial charge in [0.2, 0.25) is 0 Å². The molecule has 0 heterocycles. The Balaban J connectivity index is 2.12. The highest BCUT2D eigenvalue weighted by Crippen LogP contribution is 2.33. The Hall–Kier alpha value is -2.24. The number of carbonyl (C=O) groups excluding carboxylic acids is 1. The van der Waals surface area contributed by atoms with Crippen molar-refractivity contribution in [1.82, 2.24) is 5.43 Å². The van der Waals surface area contributed by atoms with E-state index < -0.39 is 5.91 Å². The predicted octanol–water partition coefficient (Wildman–Crippen LogP) is 3.17. The number of aromatic hydroxyl groups is 2. The third kappa shape index (κ3) is 3.45. The molecule has 0 aliphatic carbocycles. The number of hydrazone groups is 1. The number of phenols is 2. The summed E-state index contributed by atoms with van der Waals surface area (Å²) in [5.74, 6) is -0.962. The van der Waals surface area contributed by atoms with Crippen LogP contribution in [0.25, 0.3) is 0 Å². The van der Waals surface area contributed by atoms with Crippen LogP contribution in [0.1, 0.15) is 15.9 Å². The number of rotatable bonds is 3. The van der Waals surface area contributed by atoms with Crippen LogP contribution in [0.3, 0.4) is 0 Å². The molecule has 3 N–H and O–H groups in total. The molecule has 0 atom stereocenters. The molecule has 0 radical (unpaired) electrons. The van der Waals surface area contributed by atoms with E-state index in [0.29, 0.717) is 5.56 Å². The molecule has 0 fully saturated rings. The van der Waals surface area contributed by atoms with Gasteiger partial charge in [0, 0.05) is 5.56 Å². The summed E-state index contributed by atoms with van der Waals surface area (Å²) < 4.78 is 0. The quantitative estimate of drug-likeness (QED) is 0.599. The van der Waals surface area contributed by atoms with Crippen LogP contribution < -0.4 is 5.43 Å². The van der Waals surface area contributed by atoms with Gasteiger partial charge < -0.3 is 10.2 Å². The molecule has 1 amide bonds. The average Bonchev–Trinajstić information content (AvgIpc) is 2.47. The molecular weight excluding hydrogens is 315 g/mol. The van der Waals surface area contributed by atoms with Crippen molar-refractivity contribution in [2.75, 3.05) is 0 Å². The smallest absolute Gasteiger partial charge is 0.275 e. The lowest BCUT2D eigenvalue weighted by atomic mass is 10.2. The van der Waals surface area contributed by atoms with E-state index in [4.69, 9.17) is 23.2 Å². The second kappa shape index (κ2) is 6.47. The summed E-state index contributed by atoms with van der Waals surface area (Å²) in [7, 11) is 0. The van der Waals surface area contributed by atoms with Crippen molar-refractivity contribution in [3.63, 3.8) is 0 Å². The first kappa shape index (κ1) is 15.2. The third-order valence-corrected chi connectivity index (χ3v) is 3.41. The molecule has 0 aliphatic heterocycles. The van der Waals surface area contributed by atoms with Gasteiger partial charge in [0.05, 0.1) is 16.8 Å². The van der Waals surface area contributed by atoms with E-state index in [9.17, 15) is 15.0 Å². The molecule has 21 heavy (non-hydrogen) atoms. The van der Waals surface area contributed by atoms with Crippen molar-refractivity contribution in [3.05, 3.63) is 57.6 Å². The first-order valence-electron chi connectivity index (χ1n) is 5.79. The van der Waals surface area contributed by atoms with Crippen molar-refractivity contribution < 1.29 is 15.0 Å². The van der Waals surface area contributed by atoms with Crippen molar-refractivity contribution in [2.24, 2.45) is 5.10 Å². The topological polar surface area (TPSA) is 81.9 Å². The monoisotopic (exact) mass is 324 g/mol. The number of hydrogen-bond donors (Lipinski definition) is 3. The maximum absolute atomic E-state index is 11.8. The number of phenolic OH excluding ortho intramolecular Hbond substituents is 2. The van der Waals surface area contributed by atoms with E-state index in [-0.39, 0.29) is 27.1 Å². The summed E-state index contributed by atoms with van der Waals surface area (Å²) in [6.45, 7) is 0. The second-order valence-corrected chi connectivity index (χ2v) is 4.80. The van der Waals surface area contributed by atoms with Gasteiger partial charge >= 0.3 is 0 Å². The first-order valence-corrected chi connectivity index (χ1v) is 6.54. The van der Waals surface area contributed by atoms with Gasteiger partial charge in [0.15, 0.2) is 0 Å². The van der Waals surface area contributed by atoms with Gasteiger partial charge in [0.1, 0.15) is 16.5 Å². The van der Waals surface area contributed by atoms with Gasteiger partial charge in [-0.3, -0.25) is 4.79 Å². The summed E-state index contributed by atoms with van der Waals surface area (Å²) in [5.41, 5.74) is 2.62. The molecular formula is C14H10Cl2N2O3. The van der Waals surface area contributed by atoms with Crippen LogP contribution in [0.15, 0.2) is 41.5 Å². The van der Waals surface area contributed by atoms with Crippen molar-refractivity contribution in [1.29, 1.82) is 0 Å². The van der Waals surface area contributed by atoms with Gasteiger partial charge in [-0.05, 0) is 24.3 Å². The lowest BCUT2D eigenvalue weighted by Gasteiger charge is -2.04. The maximum atomic E-state index is 11.8. The minimum Gasteiger partial charge on any atom is -0.507 e. The molecule has 7 heteroatoms. The SMILES string of the molecule is O=C(NN=Cc1ccc(Cl)c(Cl)c1O)c1ccccc1O. The fourth-order valence-electron chi connectivity index (χ4n) is 1.55. The lowest BCUT2D eigenvalue weighted by Crippen LogP contribution is -2.17. The van der Waals surface area contributed by atoms with Crippen LogP contribution in [-0.4, -0.2) is 22.3 Å². The minimum atomic E-state index is -0.580. The largest absolute Gasteiger partial charge is 0.507 e. The standard InChI is InChI=1S/C14H10Cl2N2O3/c15-10-6-5-8(13(20)12(10)16)7-17-18-14(21)9-3-1-2-4-11(9)19/h1-7,19-20H,(H,18,21). The number of nitrogens with one attached hydrogen (secondary N) is 1. The fourth-order valence-corrected chi connectivity index (χ4v) is 1.87. The number of hydrogen-bond acceptors (Lipinski definition) is 4. The number of para-hydroxylation sites is 1. The van der Waals surface area contributed by atoms with Crippen LogP contribution in [0, 0.1) is 0 Å². The number of halogens is 2. The van der Waals surface area contributed by atoms with Gasteiger partial charge in [-0.15, -0.1) is 0 Å². The molecule has 0 spiro atoms. The molecule has 0 bridgehead atoms. The lowest BCUT2D eigenvalue weighted by molar-refractivity contribution is 0.0952. The van der Waals surface area contributed by atoms with Gasteiger partial charge in [0.25, 0.3) is 5.91 Å². The molecule has 0 aliphatic rings. The second-order valence-electron chi connectivity index (χ2n) is 4.02. The van der Waals surface area contributed by atoms with Crippen LogP contribution in [0.5, 0.6) is 11.5 Å². The molecule has 5 nitrogen and oxygen atoms in total. The Kier molecular flexibility index (Phi) is 4.67. The molecule has 2 aromatic carbocycles. The highest BCUT2D eigenvalue weighted by molar-refractivity contribution is 6.43. The summed E-state index contributed by atoms with van der Waals surface area (Å²) in [6, 6.07) is 9.06. The predicted molar refractivity (Wildman–Crippen MR) is 81.3 cm³/mol. The number of benzene rings is 2. The Morgan fingerprint density at radius 1 is 1.14 bits per heavy atom. The summed E-state index contributed by atoms with van der Waals surface area (Å²) >= 11 is 11.5. The zero-order chi connectivity index (χ0) is 15.4. The van der Waals surface area contributed by atoms with E-state index in [1.807, 2.05) is 0 Å². The van der Waals surface area contributed by atoms with E-state index in [2.05, 4.69) is 10.5 Å². The van der Waals surface area contributed by atoms with Crippen LogP contribution in [0.4, 0.5) is 0 Å². The molecule has 2 aromatic rings. The highest BCUT2D eigenvalue weighted by Gasteiger charge is 2.10. The number of nitrogens with zero attached hydrogens (tertiary/aromatic N) is 1. The zero-order valence-electron chi connectivity index (χ0n) is 10.5. The van der Waals surface area contributed by atoms with Crippen molar-refractivity contribution >= 4 is 35.3 Å². The Morgan fingerprint density at radius 2 is 1.86 bits per heavy atom. The van der Waals surface area contributed by atoms with E-state index in [1.54, 1.807) is 12.1 Å². The molecule has 0 saturated carbocycles. The normalized spacial score (nSPS) is 10.8. The van der Waals surface area contributed by atoms with Crippen LogP contribution in [-0.2, 0) is 0 Å². The fraction of sp³-hybridized carbons (Fsp3) is 0. The molecule has 0 saturated heterocycles. The number of carbonyl (C=O) groups is 1. The summed E-state index contributed by atoms with van der Waals surface area (Å²) in [5, 5.41) is 23.2. The van der Waals surface area contributed by atoms with Crippen molar-refractivity contribution in [3.8, 4) is 11.5 Å². The number of amides is 1. The van der Waals surface area contributed by atoms with Gasteiger partial charge in [-0.1, -0.05) is 35.3 Å². The molecule has 0 unspecified atom stereocenters. The minimum absolute atomic E-state index is 0.00708. The highest BCUT2D eigenvalue weighted by atomic mass is 35.5. The van der Waals surface area contributed by atoms with Crippen molar-refractivity contribution in [2.45, 2.75) is 0 Å².